The summed E-state index contributed by atoms with van der Waals surface area (Å²) in [4.78, 5) is 25.8. The average molecular weight is 480 g/mol. The van der Waals surface area contributed by atoms with E-state index in [0.29, 0.717) is 22.6 Å². The van der Waals surface area contributed by atoms with Crippen LogP contribution in [0.5, 0.6) is 0 Å². The molecular formula is C25H30ClN7O. The van der Waals surface area contributed by atoms with Gasteiger partial charge in [0.1, 0.15) is 6.04 Å². The lowest BCUT2D eigenvalue weighted by molar-refractivity contribution is -0.119. The summed E-state index contributed by atoms with van der Waals surface area (Å²) in [6.45, 7) is 8.19. The van der Waals surface area contributed by atoms with E-state index in [9.17, 15) is 4.79 Å². The summed E-state index contributed by atoms with van der Waals surface area (Å²) >= 11 is 6.57. The maximum Gasteiger partial charge on any atom is 0.249 e. The number of hydrogen-bond donors (Lipinski definition) is 1. The molecule has 0 saturated heterocycles. The van der Waals surface area contributed by atoms with Crippen molar-refractivity contribution in [3.8, 4) is 11.3 Å². The first kappa shape index (κ1) is 22.7. The normalized spacial score (nSPS) is 18.0. The lowest BCUT2D eigenvalue weighted by atomic mass is 10.0. The van der Waals surface area contributed by atoms with E-state index in [2.05, 4.69) is 35.1 Å². The fourth-order valence-corrected chi connectivity index (χ4v) is 5.03. The minimum absolute atomic E-state index is 0.0888. The molecule has 3 aromatic rings. The van der Waals surface area contributed by atoms with Crippen LogP contribution in [0.2, 0.25) is 5.02 Å². The highest BCUT2D eigenvalue weighted by Gasteiger charge is 2.35. The fraction of sp³-hybridized carbons (Fsp3) is 0.440. The summed E-state index contributed by atoms with van der Waals surface area (Å²) in [5.41, 5.74) is 6.55. The Hall–Kier alpha value is -3.13. The van der Waals surface area contributed by atoms with Gasteiger partial charge in [-0.1, -0.05) is 11.6 Å². The Labute approximate surface area is 204 Å². The van der Waals surface area contributed by atoms with Gasteiger partial charge in [0.15, 0.2) is 0 Å². The van der Waals surface area contributed by atoms with Crippen LogP contribution >= 0.6 is 11.6 Å². The molecule has 1 saturated carbocycles. The Morgan fingerprint density at radius 3 is 2.59 bits per heavy atom. The number of aromatic nitrogens is 4. The van der Waals surface area contributed by atoms with Gasteiger partial charge in [-0.2, -0.15) is 5.10 Å². The van der Waals surface area contributed by atoms with E-state index in [1.807, 2.05) is 44.8 Å². The molecule has 0 unspecified atom stereocenters. The number of hydrogen-bond acceptors (Lipinski definition) is 6. The molecule has 1 atom stereocenters. The molecular weight excluding hydrogens is 450 g/mol. The fourth-order valence-electron chi connectivity index (χ4n) is 4.84. The standard InChI is InChI=1S/C25H30ClN7O/c1-13(2)33-15(4)24(34)31(5)19-10-9-17(11-20(19)33)28-25-27-12-18(26)23(29-25)21-14(3)32(6)30-22(21)16-7-8-16/h9-13,15-16H,7-8H2,1-6H3,(H,27,28,29)/t15-/m1/s1. The van der Waals surface area contributed by atoms with Crippen LogP contribution in [0.25, 0.3) is 11.3 Å². The summed E-state index contributed by atoms with van der Waals surface area (Å²) in [5, 5.41) is 8.59. The summed E-state index contributed by atoms with van der Waals surface area (Å²) in [6, 6.07) is 5.90. The van der Waals surface area contributed by atoms with Gasteiger partial charge in [0.2, 0.25) is 11.9 Å². The molecule has 1 aliphatic heterocycles. The van der Waals surface area contributed by atoms with Gasteiger partial charge in [-0.05, 0) is 58.7 Å². The molecule has 5 rings (SSSR count). The molecule has 9 heteroatoms. The Balaban J connectivity index is 1.52. The second-order valence-electron chi connectivity index (χ2n) is 9.54. The van der Waals surface area contributed by atoms with Gasteiger partial charge in [-0.3, -0.25) is 9.48 Å². The largest absolute Gasteiger partial charge is 0.356 e. The van der Waals surface area contributed by atoms with Gasteiger partial charge in [-0.15, -0.1) is 0 Å². The van der Waals surface area contributed by atoms with E-state index in [-0.39, 0.29) is 18.0 Å². The Kier molecular flexibility index (Phi) is 5.51. The number of benzene rings is 1. The summed E-state index contributed by atoms with van der Waals surface area (Å²) < 4.78 is 1.90. The molecule has 1 aromatic carbocycles. The molecule has 2 aromatic heterocycles. The zero-order valence-corrected chi connectivity index (χ0v) is 21.2. The van der Waals surface area contributed by atoms with E-state index >= 15 is 0 Å². The summed E-state index contributed by atoms with van der Waals surface area (Å²) in [5.74, 6) is 1.03. The van der Waals surface area contributed by atoms with Gasteiger partial charge in [0.25, 0.3) is 0 Å². The summed E-state index contributed by atoms with van der Waals surface area (Å²) in [6.07, 6.45) is 3.94. The van der Waals surface area contributed by atoms with Crippen molar-refractivity contribution in [2.75, 3.05) is 22.2 Å². The van der Waals surface area contributed by atoms with E-state index in [0.717, 1.165) is 46.9 Å². The van der Waals surface area contributed by atoms with Crippen LogP contribution in [-0.2, 0) is 11.8 Å². The van der Waals surface area contributed by atoms with Crippen LogP contribution in [0.1, 0.15) is 50.9 Å². The second-order valence-corrected chi connectivity index (χ2v) is 9.94. The molecule has 1 N–H and O–H groups in total. The van der Waals surface area contributed by atoms with Crippen LogP contribution in [-0.4, -0.2) is 44.8 Å². The highest BCUT2D eigenvalue weighted by Crippen LogP contribution is 2.45. The number of nitrogens with one attached hydrogen (secondary N) is 1. The monoisotopic (exact) mass is 479 g/mol. The third kappa shape index (κ3) is 3.70. The van der Waals surface area contributed by atoms with Crippen molar-refractivity contribution in [1.82, 2.24) is 19.7 Å². The molecule has 0 spiro atoms. The van der Waals surface area contributed by atoms with Crippen LogP contribution in [0.3, 0.4) is 0 Å². The first-order chi connectivity index (χ1) is 16.2. The number of nitrogens with zero attached hydrogens (tertiary/aromatic N) is 6. The number of carbonyl (C=O) groups is 1. The first-order valence-electron chi connectivity index (χ1n) is 11.7. The van der Waals surface area contributed by atoms with Gasteiger partial charge in [-0.25, -0.2) is 9.97 Å². The van der Waals surface area contributed by atoms with Crippen LogP contribution in [0, 0.1) is 6.92 Å². The SMILES string of the molecule is Cc1c(-c2nc(Nc3ccc4c(c3)N(C(C)C)[C@H](C)C(=O)N4C)ncc2Cl)c(C2CC2)nn1C. The van der Waals surface area contributed by atoms with Crippen molar-refractivity contribution >= 4 is 40.5 Å². The van der Waals surface area contributed by atoms with Gasteiger partial charge < -0.3 is 15.1 Å². The molecule has 2 aliphatic rings. The third-order valence-electron chi connectivity index (χ3n) is 6.84. The molecule has 1 aliphatic carbocycles. The molecule has 0 bridgehead atoms. The van der Waals surface area contributed by atoms with Crippen molar-refractivity contribution < 1.29 is 4.79 Å². The maximum absolute atomic E-state index is 12.7. The topological polar surface area (TPSA) is 79.2 Å². The zero-order chi connectivity index (χ0) is 24.3. The van der Waals surface area contributed by atoms with Crippen molar-refractivity contribution in [3.05, 3.63) is 40.8 Å². The van der Waals surface area contributed by atoms with Crippen LogP contribution in [0.4, 0.5) is 23.0 Å². The number of amides is 1. The molecule has 0 radical (unpaired) electrons. The lowest BCUT2D eigenvalue weighted by Gasteiger charge is -2.42. The number of halogens is 1. The van der Waals surface area contributed by atoms with Crippen molar-refractivity contribution in [1.29, 1.82) is 0 Å². The van der Waals surface area contributed by atoms with E-state index in [4.69, 9.17) is 21.7 Å². The Bertz CT molecular complexity index is 1280. The van der Waals surface area contributed by atoms with E-state index < -0.39 is 0 Å². The molecule has 178 valence electrons. The van der Waals surface area contributed by atoms with Crippen LogP contribution < -0.4 is 15.1 Å². The van der Waals surface area contributed by atoms with Gasteiger partial charge >= 0.3 is 0 Å². The molecule has 34 heavy (non-hydrogen) atoms. The average Bonchev–Trinajstić information content (AvgIpc) is 3.59. The highest BCUT2D eigenvalue weighted by molar-refractivity contribution is 6.33. The zero-order valence-electron chi connectivity index (χ0n) is 20.4. The maximum atomic E-state index is 12.7. The van der Waals surface area contributed by atoms with Crippen LogP contribution in [0.15, 0.2) is 24.4 Å². The molecule has 1 fully saturated rings. The second kappa shape index (κ2) is 8.27. The minimum atomic E-state index is -0.236. The van der Waals surface area contributed by atoms with Gasteiger partial charge in [0, 0.05) is 43.0 Å². The Morgan fingerprint density at radius 1 is 1.18 bits per heavy atom. The number of aryl methyl sites for hydroxylation is 1. The molecule has 3 heterocycles. The van der Waals surface area contributed by atoms with E-state index in [1.165, 1.54) is 0 Å². The smallest absolute Gasteiger partial charge is 0.249 e. The number of carbonyl (C=O) groups excluding carboxylic acids is 1. The van der Waals surface area contributed by atoms with Crippen molar-refractivity contribution in [3.63, 3.8) is 0 Å². The quantitative estimate of drug-likeness (QED) is 0.552. The predicted octanol–water partition coefficient (Wildman–Crippen LogP) is 5.04. The molecule has 8 nitrogen and oxygen atoms in total. The lowest BCUT2D eigenvalue weighted by Crippen LogP contribution is -2.53. The van der Waals surface area contributed by atoms with Crippen molar-refractivity contribution in [2.24, 2.45) is 7.05 Å². The number of fused-ring (bicyclic) bond motifs is 1. The number of likely N-dealkylation sites (N-methyl/N-ethyl adjacent to an activating group) is 1. The highest BCUT2D eigenvalue weighted by atomic mass is 35.5. The predicted molar refractivity (Wildman–Crippen MR) is 136 cm³/mol. The van der Waals surface area contributed by atoms with Gasteiger partial charge in [0.05, 0.1) is 34.0 Å². The van der Waals surface area contributed by atoms with Crippen molar-refractivity contribution in [2.45, 2.75) is 58.5 Å². The van der Waals surface area contributed by atoms with E-state index in [1.54, 1.807) is 11.1 Å². The molecule has 1 amide bonds. The minimum Gasteiger partial charge on any atom is -0.356 e. The number of anilines is 4. The third-order valence-corrected chi connectivity index (χ3v) is 7.12. The number of rotatable bonds is 5. The Morgan fingerprint density at radius 2 is 1.91 bits per heavy atom. The summed E-state index contributed by atoms with van der Waals surface area (Å²) in [7, 11) is 3.78. The first-order valence-corrected chi connectivity index (χ1v) is 12.1.